The van der Waals surface area contributed by atoms with Gasteiger partial charge in [-0.05, 0) is 86.3 Å². The molecule has 2 heterocycles. The van der Waals surface area contributed by atoms with E-state index in [1.165, 1.54) is 11.1 Å². The SMILES string of the molecule is CCc1cc(OCCN2CCC3(CC2)C(=O)Nc2ccc(C#N)cc23)ccc1C. The van der Waals surface area contributed by atoms with Gasteiger partial charge in [0.05, 0.1) is 17.0 Å². The molecule has 1 amide bonds. The van der Waals surface area contributed by atoms with Gasteiger partial charge in [-0.1, -0.05) is 13.0 Å². The zero-order valence-electron chi connectivity index (χ0n) is 17.1. The van der Waals surface area contributed by atoms with Crippen molar-refractivity contribution >= 4 is 11.6 Å². The van der Waals surface area contributed by atoms with Gasteiger partial charge in [-0.3, -0.25) is 9.69 Å². The number of anilines is 1. The lowest BCUT2D eigenvalue weighted by Crippen LogP contribution is -2.47. The molecule has 0 bridgehead atoms. The van der Waals surface area contributed by atoms with E-state index in [0.29, 0.717) is 12.2 Å². The third kappa shape index (κ3) is 3.61. The molecule has 2 aromatic carbocycles. The summed E-state index contributed by atoms with van der Waals surface area (Å²) in [6.45, 7) is 7.47. The number of rotatable bonds is 5. The van der Waals surface area contributed by atoms with Crippen LogP contribution in [0.4, 0.5) is 5.69 Å². The fraction of sp³-hybridized carbons (Fsp3) is 0.417. The zero-order chi connectivity index (χ0) is 20.4. The number of likely N-dealkylation sites (tertiary alicyclic amines) is 1. The molecule has 5 heteroatoms. The molecule has 0 unspecified atom stereocenters. The zero-order valence-corrected chi connectivity index (χ0v) is 17.1. The molecule has 1 saturated heterocycles. The number of nitriles is 1. The lowest BCUT2D eigenvalue weighted by Gasteiger charge is -2.38. The molecule has 150 valence electrons. The van der Waals surface area contributed by atoms with Crippen molar-refractivity contribution in [1.82, 2.24) is 4.90 Å². The summed E-state index contributed by atoms with van der Waals surface area (Å²) in [5.74, 6) is 0.999. The van der Waals surface area contributed by atoms with Gasteiger partial charge in [0, 0.05) is 12.2 Å². The third-order valence-electron chi connectivity index (χ3n) is 6.43. The molecule has 1 fully saturated rings. The van der Waals surface area contributed by atoms with Crippen LogP contribution >= 0.6 is 0 Å². The van der Waals surface area contributed by atoms with E-state index < -0.39 is 5.41 Å². The Balaban J connectivity index is 1.36. The van der Waals surface area contributed by atoms with Crippen LogP contribution in [0, 0.1) is 18.3 Å². The minimum atomic E-state index is -0.494. The molecule has 0 atom stereocenters. The van der Waals surface area contributed by atoms with Crippen molar-refractivity contribution in [3.63, 3.8) is 0 Å². The fourth-order valence-electron chi connectivity index (χ4n) is 4.55. The van der Waals surface area contributed by atoms with Crippen molar-refractivity contribution in [2.45, 2.75) is 38.5 Å². The lowest BCUT2D eigenvalue weighted by atomic mass is 9.73. The standard InChI is InChI=1S/C24H27N3O2/c1-3-19-15-20(6-4-17(19)2)29-13-12-27-10-8-24(9-11-27)21-14-18(16-25)5-7-22(21)26-23(24)28/h4-7,14-15H,3,8-13H2,1-2H3,(H,26,28). The van der Waals surface area contributed by atoms with Crippen molar-refractivity contribution in [2.24, 2.45) is 0 Å². The molecule has 2 aliphatic rings. The van der Waals surface area contributed by atoms with Crippen LogP contribution in [0.1, 0.15) is 42.0 Å². The highest BCUT2D eigenvalue weighted by molar-refractivity contribution is 6.06. The number of amides is 1. The summed E-state index contributed by atoms with van der Waals surface area (Å²) in [4.78, 5) is 15.1. The summed E-state index contributed by atoms with van der Waals surface area (Å²) < 4.78 is 5.97. The molecular weight excluding hydrogens is 362 g/mol. The molecule has 1 N–H and O–H groups in total. The number of nitrogens with one attached hydrogen (secondary N) is 1. The second-order valence-corrected chi connectivity index (χ2v) is 8.04. The van der Waals surface area contributed by atoms with Gasteiger partial charge in [0.25, 0.3) is 0 Å². The maximum absolute atomic E-state index is 12.8. The fourth-order valence-corrected chi connectivity index (χ4v) is 4.55. The van der Waals surface area contributed by atoms with Crippen molar-refractivity contribution in [3.05, 3.63) is 58.7 Å². The van der Waals surface area contributed by atoms with E-state index in [1.807, 2.05) is 18.2 Å². The normalized spacial score (nSPS) is 17.6. The number of nitrogens with zero attached hydrogens (tertiary/aromatic N) is 2. The van der Waals surface area contributed by atoms with Gasteiger partial charge in [-0.25, -0.2) is 0 Å². The smallest absolute Gasteiger partial charge is 0.235 e. The first-order valence-electron chi connectivity index (χ1n) is 10.4. The number of hydrogen-bond donors (Lipinski definition) is 1. The highest BCUT2D eigenvalue weighted by atomic mass is 16.5. The summed E-state index contributed by atoms with van der Waals surface area (Å²) in [5.41, 5.74) is 4.59. The number of piperidine rings is 1. The Hall–Kier alpha value is -2.84. The van der Waals surface area contributed by atoms with Gasteiger partial charge in [-0.15, -0.1) is 0 Å². The maximum Gasteiger partial charge on any atom is 0.235 e. The lowest BCUT2D eigenvalue weighted by molar-refractivity contribution is -0.122. The second kappa shape index (κ2) is 7.88. The molecule has 0 aliphatic carbocycles. The number of carbonyl (C=O) groups is 1. The van der Waals surface area contributed by atoms with E-state index in [0.717, 1.165) is 55.9 Å². The number of ether oxygens (including phenoxy) is 1. The van der Waals surface area contributed by atoms with Crippen molar-refractivity contribution in [2.75, 3.05) is 31.6 Å². The Morgan fingerprint density at radius 2 is 2.00 bits per heavy atom. The number of hydrogen-bond acceptors (Lipinski definition) is 4. The Morgan fingerprint density at radius 1 is 1.21 bits per heavy atom. The van der Waals surface area contributed by atoms with Gasteiger partial charge < -0.3 is 10.1 Å². The van der Waals surface area contributed by atoms with E-state index in [-0.39, 0.29) is 5.91 Å². The Kier molecular flexibility index (Phi) is 5.29. The number of fused-ring (bicyclic) bond motifs is 2. The predicted molar refractivity (Wildman–Crippen MR) is 113 cm³/mol. The van der Waals surface area contributed by atoms with Crippen molar-refractivity contribution in [3.8, 4) is 11.8 Å². The van der Waals surface area contributed by atoms with Crippen LogP contribution in [0.2, 0.25) is 0 Å². The van der Waals surface area contributed by atoms with Gasteiger partial charge in [0.2, 0.25) is 5.91 Å². The summed E-state index contributed by atoms with van der Waals surface area (Å²) in [7, 11) is 0. The first-order valence-corrected chi connectivity index (χ1v) is 10.4. The van der Waals surface area contributed by atoms with Crippen molar-refractivity contribution < 1.29 is 9.53 Å². The van der Waals surface area contributed by atoms with Crippen LogP contribution in [0.15, 0.2) is 36.4 Å². The summed E-state index contributed by atoms with van der Waals surface area (Å²) >= 11 is 0. The first kappa shape index (κ1) is 19.5. The molecule has 2 aromatic rings. The highest BCUT2D eigenvalue weighted by Crippen LogP contribution is 2.45. The molecule has 5 nitrogen and oxygen atoms in total. The van der Waals surface area contributed by atoms with E-state index in [9.17, 15) is 10.1 Å². The molecule has 0 radical (unpaired) electrons. The van der Waals surface area contributed by atoms with Crippen LogP contribution in [0.3, 0.4) is 0 Å². The Bertz CT molecular complexity index is 969. The monoisotopic (exact) mass is 389 g/mol. The van der Waals surface area contributed by atoms with Crippen LogP contribution < -0.4 is 10.1 Å². The summed E-state index contributed by atoms with van der Waals surface area (Å²) in [6.07, 6.45) is 2.55. The maximum atomic E-state index is 12.8. The molecule has 2 aliphatic heterocycles. The van der Waals surface area contributed by atoms with Gasteiger partial charge >= 0.3 is 0 Å². The number of aryl methyl sites for hydroxylation is 2. The number of carbonyl (C=O) groups excluding carboxylic acids is 1. The predicted octanol–water partition coefficient (Wildman–Crippen LogP) is 3.79. The average molecular weight is 389 g/mol. The Morgan fingerprint density at radius 3 is 2.72 bits per heavy atom. The largest absolute Gasteiger partial charge is 0.492 e. The minimum absolute atomic E-state index is 0.0743. The van der Waals surface area contributed by atoms with E-state index in [4.69, 9.17) is 4.74 Å². The van der Waals surface area contributed by atoms with Gasteiger partial charge in [0.1, 0.15) is 12.4 Å². The molecule has 29 heavy (non-hydrogen) atoms. The topological polar surface area (TPSA) is 65.4 Å². The van der Waals surface area contributed by atoms with Gasteiger partial charge in [-0.2, -0.15) is 5.26 Å². The average Bonchev–Trinajstić information content (AvgIpc) is 3.01. The van der Waals surface area contributed by atoms with Gasteiger partial charge in [0.15, 0.2) is 0 Å². The molecular formula is C24H27N3O2. The molecule has 0 saturated carbocycles. The minimum Gasteiger partial charge on any atom is -0.492 e. The summed E-state index contributed by atoms with van der Waals surface area (Å²) in [5, 5.41) is 12.2. The highest BCUT2D eigenvalue weighted by Gasteiger charge is 2.48. The summed E-state index contributed by atoms with van der Waals surface area (Å²) in [6, 6.07) is 14.0. The van der Waals surface area contributed by atoms with Crippen LogP contribution in [0.25, 0.3) is 0 Å². The number of benzene rings is 2. The molecule has 4 rings (SSSR count). The molecule has 0 aromatic heterocycles. The van der Waals surface area contributed by atoms with E-state index in [1.54, 1.807) is 6.07 Å². The van der Waals surface area contributed by atoms with E-state index >= 15 is 0 Å². The first-order chi connectivity index (χ1) is 14.1. The van der Waals surface area contributed by atoms with Crippen LogP contribution in [-0.2, 0) is 16.6 Å². The molecule has 1 spiro atoms. The van der Waals surface area contributed by atoms with Crippen LogP contribution in [0.5, 0.6) is 5.75 Å². The quantitative estimate of drug-likeness (QED) is 0.845. The van der Waals surface area contributed by atoms with E-state index in [2.05, 4.69) is 42.3 Å². The third-order valence-corrected chi connectivity index (χ3v) is 6.43. The second-order valence-electron chi connectivity index (χ2n) is 8.04. The Labute approximate surface area is 172 Å². The van der Waals surface area contributed by atoms with Crippen molar-refractivity contribution in [1.29, 1.82) is 5.26 Å². The van der Waals surface area contributed by atoms with Crippen LogP contribution in [-0.4, -0.2) is 37.0 Å².